The van der Waals surface area contributed by atoms with Gasteiger partial charge in [-0.15, -0.1) is 0 Å². The van der Waals surface area contributed by atoms with Crippen LogP contribution in [0.5, 0.6) is 11.8 Å². The van der Waals surface area contributed by atoms with Gasteiger partial charge in [-0.2, -0.15) is 9.97 Å². The van der Waals surface area contributed by atoms with E-state index >= 15 is 0 Å². The van der Waals surface area contributed by atoms with Crippen molar-refractivity contribution in [3.63, 3.8) is 0 Å². The molecule has 10 nitrogen and oxygen atoms in total. The number of rotatable bonds is 13. The van der Waals surface area contributed by atoms with Gasteiger partial charge in [-0.05, 0) is 41.7 Å². The quantitative estimate of drug-likeness (QED) is 0.210. The molecule has 2 aromatic heterocycles. The average molecular weight is 517 g/mol. The van der Waals surface area contributed by atoms with Crippen molar-refractivity contribution in [2.75, 3.05) is 37.9 Å². The molecule has 2 aromatic carbocycles. The molecule has 0 aliphatic heterocycles. The fourth-order valence-electron chi connectivity index (χ4n) is 3.80. The molecule has 0 aliphatic carbocycles. The number of aromatic nitrogens is 4. The third-order valence-corrected chi connectivity index (χ3v) is 5.87. The van der Waals surface area contributed by atoms with E-state index < -0.39 is 0 Å². The number of methoxy groups -OCH3 is 2. The zero-order valence-electron chi connectivity index (χ0n) is 21.5. The van der Waals surface area contributed by atoms with Crippen molar-refractivity contribution < 1.29 is 19.7 Å². The molecule has 0 fully saturated rings. The Bertz CT molecular complexity index is 1210. The lowest BCUT2D eigenvalue weighted by Gasteiger charge is -2.12. The molecule has 4 aromatic rings. The first-order valence-corrected chi connectivity index (χ1v) is 12.3. The second-order valence-electron chi connectivity index (χ2n) is 8.51. The lowest BCUT2D eigenvalue weighted by Crippen LogP contribution is -2.10. The molecule has 198 valence electrons. The number of benzene rings is 2. The van der Waals surface area contributed by atoms with E-state index in [4.69, 9.17) is 9.47 Å². The Balaban J connectivity index is 1.45. The standard InChI is InChI=1S/C28H32N6O4/c1-37-22-9-7-20(8-10-22)12-14-30-26-16-24(32-28(34-26)38-2)23-15-25(33-27(18-36)31-23)29-13-11-19-3-5-21(17-35)6-4-19/h3-10,15-16,35-36H,11-14,17-18H2,1-2H3,(H,29,31,33)(H,30,32,34). The Labute approximate surface area is 221 Å². The van der Waals surface area contributed by atoms with Crippen molar-refractivity contribution in [3.8, 4) is 23.1 Å². The number of nitrogens with zero attached hydrogens (tertiary/aromatic N) is 4. The van der Waals surface area contributed by atoms with Crippen LogP contribution in [-0.2, 0) is 26.1 Å². The summed E-state index contributed by atoms with van der Waals surface area (Å²) in [5.41, 5.74) is 4.27. The Morgan fingerprint density at radius 2 is 1.18 bits per heavy atom. The molecule has 10 heteroatoms. The molecular formula is C28H32N6O4. The number of anilines is 2. The van der Waals surface area contributed by atoms with Gasteiger partial charge >= 0.3 is 6.01 Å². The van der Waals surface area contributed by atoms with Gasteiger partial charge in [0.2, 0.25) is 0 Å². The zero-order chi connectivity index (χ0) is 26.7. The number of ether oxygens (including phenoxy) is 2. The second kappa shape index (κ2) is 13.3. The molecule has 0 unspecified atom stereocenters. The van der Waals surface area contributed by atoms with Crippen LogP contribution in [0.15, 0.2) is 60.7 Å². The van der Waals surface area contributed by atoms with Crippen LogP contribution in [0, 0.1) is 0 Å². The largest absolute Gasteiger partial charge is 0.497 e. The summed E-state index contributed by atoms with van der Waals surface area (Å²) in [6, 6.07) is 19.5. The van der Waals surface area contributed by atoms with Crippen LogP contribution in [0.1, 0.15) is 22.5 Å². The highest BCUT2D eigenvalue weighted by molar-refractivity contribution is 5.62. The van der Waals surface area contributed by atoms with Crippen LogP contribution < -0.4 is 20.1 Å². The molecule has 0 atom stereocenters. The topological polar surface area (TPSA) is 135 Å². The van der Waals surface area contributed by atoms with Crippen molar-refractivity contribution >= 4 is 11.6 Å². The summed E-state index contributed by atoms with van der Waals surface area (Å²) >= 11 is 0. The maximum absolute atomic E-state index is 9.75. The van der Waals surface area contributed by atoms with E-state index in [9.17, 15) is 10.2 Å². The molecular weight excluding hydrogens is 484 g/mol. The van der Waals surface area contributed by atoms with Crippen LogP contribution in [0.25, 0.3) is 11.4 Å². The highest BCUT2D eigenvalue weighted by Crippen LogP contribution is 2.23. The van der Waals surface area contributed by atoms with E-state index in [1.165, 1.54) is 12.7 Å². The van der Waals surface area contributed by atoms with Gasteiger partial charge in [0.25, 0.3) is 0 Å². The molecule has 0 saturated heterocycles. The highest BCUT2D eigenvalue weighted by atomic mass is 16.5. The van der Waals surface area contributed by atoms with Gasteiger partial charge in [0.15, 0.2) is 5.82 Å². The Kier molecular flexibility index (Phi) is 9.38. The molecule has 4 N–H and O–H groups in total. The van der Waals surface area contributed by atoms with E-state index in [-0.39, 0.29) is 25.0 Å². The summed E-state index contributed by atoms with van der Waals surface area (Å²) in [6.07, 6.45) is 1.56. The van der Waals surface area contributed by atoms with Gasteiger partial charge < -0.3 is 30.3 Å². The minimum atomic E-state index is -0.305. The molecule has 4 rings (SSSR count). The Hall–Kier alpha value is -4.28. The fraction of sp³-hybridized carbons (Fsp3) is 0.286. The monoisotopic (exact) mass is 516 g/mol. The lowest BCUT2D eigenvalue weighted by molar-refractivity contribution is 0.271. The van der Waals surface area contributed by atoms with Gasteiger partial charge in [0.05, 0.1) is 32.2 Å². The summed E-state index contributed by atoms with van der Waals surface area (Å²) in [7, 11) is 3.16. The van der Waals surface area contributed by atoms with E-state index in [2.05, 4.69) is 30.6 Å². The van der Waals surface area contributed by atoms with Crippen LogP contribution >= 0.6 is 0 Å². The third-order valence-electron chi connectivity index (χ3n) is 5.87. The van der Waals surface area contributed by atoms with Crippen LogP contribution in [0.2, 0.25) is 0 Å². The fourth-order valence-corrected chi connectivity index (χ4v) is 3.80. The smallest absolute Gasteiger partial charge is 0.318 e. The second-order valence-corrected chi connectivity index (χ2v) is 8.51. The molecule has 0 aliphatic rings. The molecule has 0 saturated carbocycles. The first-order valence-electron chi connectivity index (χ1n) is 12.3. The van der Waals surface area contributed by atoms with E-state index in [0.29, 0.717) is 36.1 Å². The maximum atomic E-state index is 9.75. The first kappa shape index (κ1) is 26.8. The number of hydrogen-bond acceptors (Lipinski definition) is 10. The molecule has 0 radical (unpaired) electrons. The summed E-state index contributed by atoms with van der Waals surface area (Å²) in [5.74, 6) is 2.29. The molecule has 0 amide bonds. The van der Waals surface area contributed by atoms with Gasteiger partial charge in [-0.3, -0.25) is 0 Å². The molecule has 2 heterocycles. The Morgan fingerprint density at radius 3 is 1.74 bits per heavy atom. The number of aliphatic hydroxyl groups is 2. The normalized spacial score (nSPS) is 10.7. The van der Waals surface area contributed by atoms with E-state index in [1.54, 1.807) is 19.2 Å². The summed E-state index contributed by atoms with van der Waals surface area (Å²) in [5, 5.41) is 25.6. The van der Waals surface area contributed by atoms with Crippen molar-refractivity contribution in [1.82, 2.24) is 19.9 Å². The predicted molar refractivity (Wildman–Crippen MR) is 145 cm³/mol. The van der Waals surface area contributed by atoms with E-state index in [0.717, 1.165) is 29.7 Å². The molecule has 38 heavy (non-hydrogen) atoms. The molecule has 0 spiro atoms. The van der Waals surface area contributed by atoms with Crippen LogP contribution in [0.3, 0.4) is 0 Å². The van der Waals surface area contributed by atoms with Gasteiger partial charge in [-0.25, -0.2) is 9.97 Å². The number of nitrogens with one attached hydrogen (secondary N) is 2. The zero-order valence-corrected chi connectivity index (χ0v) is 21.5. The van der Waals surface area contributed by atoms with Crippen molar-refractivity contribution in [2.24, 2.45) is 0 Å². The van der Waals surface area contributed by atoms with Gasteiger partial charge in [0.1, 0.15) is 24.0 Å². The first-order chi connectivity index (χ1) is 18.6. The SMILES string of the molecule is COc1ccc(CCNc2cc(-c3cc(NCCc4ccc(CO)cc4)nc(CO)n3)nc(OC)n2)cc1. The van der Waals surface area contributed by atoms with Gasteiger partial charge in [0, 0.05) is 25.2 Å². The minimum absolute atomic E-state index is 0.0277. The summed E-state index contributed by atoms with van der Waals surface area (Å²) in [6.45, 7) is 1.01. The Morgan fingerprint density at radius 1 is 0.632 bits per heavy atom. The van der Waals surface area contributed by atoms with Gasteiger partial charge in [-0.1, -0.05) is 36.4 Å². The third kappa shape index (κ3) is 7.37. The predicted octanol–water partition coefficient (Wildman–Crippen LogP) is 3.24. The molecule has 0 bridgehead atoms. The maximum Gasteiger partial charge on any atom is 0.318 e. The van der Waals surface area contributed by atoms with Crippen LogP contribution in [-0.4, -0.2) is 57.5 Å². The van der Waals surface area contributed by atoms with Crippen molar-refractivity contribution in [1.29, 1.82) is 0 Å². The minimum Gasteiger partial charge on any atom is -0.497 e. The van der Waals surface area contributed by atoms with Crippen molar-refractivity contribution in [2.45, 2.75) is 26.1 Å². The highest BCUT2D eigenvalue weighted by Gasteiger charge is 2.12. The lowest BCUT2D eigenvalue weighted by atomic mass is 10.1. The number of aliphatic hydroxyl groups excluding tert-OH is 2. The average Bonchev–Trinajstić information content (AvgIpc) is 2.97. The number of hydrogen-bond donors (Lipinski definition) is 4. The van der Waals surface area contributed by atoms with Crippen molar-refractivity contribution in [3.05, 3.63) is 83.2 Å². The van der Waals surface area contributed by atoms with Crippen LogP contribution in [0.4, 0.5) is 11.6 Å². The summed E-state index contributed by atoms with van der Waals surface area (Å²) < 4.78 is 10.5. The summed E-state index contributed by atoms with van der Waals surface area (Å²) in [4.78, 5) is 17.7. The van der Waals surface area contributed by atoms with E-state index in [1.807, 2.05) is 48.5 Å².